The molecule has 7 heteroatoms. The minimum Gasteiger partial charge on any atom is -0.211 e. The van der Waals surface area contributed by atoms with Gasteiger partial charge in [0.1, 0.15) is 0 Å². The molecule has 0 N–H and O–H groups in total. The molecule has 0 spiro atoms. The third kappa shape index (κ3) is 8.87. The van der Waals surface area contributed by atoms with Crippen molar-refractivity contribution in [1.29, 1.82) is 15.8 Å². The SMILES string of the molecule is CCCCCC(C#N)S(=O)(=O)N(CCCCC#N)CCCCC#N. The van der Waals surface area contributed by atoms with Crippen molar-refractivity contribution in [3.8, 4) is 18.2 Å². The topological polar surface area (TPSA) is 109 Å². The molecule has 0 saturated heterocycles. The number of nitrogens with zero attached hydrogens (tertiary/aromatic N) is 4. The molecule has 0 aliphatic heterocycles. The normalized spacial score (nSPS) is 12.3. The molecule has 0 amide bonds. The fourth-order valence-corrected chi connectivity index (χ4v) is 4.12. The first-order valence-corrected chi connectivity index (χ1v) is 10.2. The van der Waals surface area contributed by atoms with Gasteiger partial charge in [-0.25, -0.2) is 12.7 Å². The van der Waals surface area contributed by atoms with Crippen LogP contribution in [0.5, 0.6) is 0 Å². The molecule has 0 aliphatic rings. The highest BCUT2D eigenvalue weighted by molar-refractivity contribution is 7.90. The molecule has 0 aromatic carbocycles. The molecule has 0 fully saturated rings. The number of rotatable bonds is 14. The lowest BCUT2D eigenvalue weighted by molar-refractivity contribution is 0.387. The maximum atomic E-state index is 12.8. The van der Waals surface area contributed by atoms with Crippen LogP contribution in [-0.4, -0.2) is 31.1 Å². The van der Waals surface area contributed by atoms with Crippen LogP contribution in [0.4, 0.5) is 0 Å². The summed E-state index contributed by atoms with van der Waals surface area (Å²) in [7, 11) is -3.66. The highest BCUT2D eigenvalue weighted by Gasteiger charge is 2.31. The third-order valence-corrected chi connectivity index (χ3v) is 5.97. The first-order valence-electron chi connectivity index (χ1n) is 8.67. The summed E-state index contributed by atoms with van der Waals surface area (Å²) in [6.45, 7) is 2.71. The van der Waals surface area contributed by atoms with Crippen molar-refractivity contribution >= 4 is 10.0 Å². The van der Waals surface area contributed by atoms with E-state index in [0.29, 0.717) is 58.0 Å². The van der Waals surface area contributed by atoms with Gasteiger partial charge in [0.2, 0.25) is 10.0 Å². The highest BCUT2D eigenvalue weighted by atomic mass is 32.2. The zero-order valence-electron chi connectivity index (χ0n) is 14.6. The molecule has 0 aliphatic carbocycles. The fraction of sp³-hybridized carbons (Fsp3) is 0.824. The summed E-state index contributed by atoms with van der Waals surface area (Å²) in [5.41, 5.74) is 0. The van der Waals surface area contributed by atoms with E-state index in [-0.39, 0.29) is 0 Å². The van der Waals surface area contributed by atoms with Gasteiger partial charge in [0.05, 0.1) is 18.2 Å². The Morgan fingerprint density at radius 1 is 0.875 bits per heavy atom. The average Bonchev–Trinajstić information content (AvgIpc) is 2.57. The lowest BCUT2D eigenvalue weighted by atomic mass is 10.2. The fourth-order valence-electron chi connectivity index (χ4n) is 2.39. The van der Waals surface area contributed by atoms with Crippen LogP contribution in [0.1, 0.15) is 71.1 Å². The van der Waals surface area contributed by atoms with Crippen molar-refractivity contribution in [2.75, 3.05) is 13.1 Å². The van der Waals surface area contributed by atoms with Crippen LogP contribution in [-0.2, 0) is 10.0 Å². The van der Waals surface area contributed by atoms with Gasteiger partial charge in [0.25, 0.3) is 0 Å². The van der Waals surface area contributed by atoms with Crippen LogP contribution in [0.3, 0.4) is 0 Å². The van der Waals surface area contributed by atoms with Gasteiger partial charge in [-0.3, -0.25) is 0 Å². The summed E-state index contributed by atoms with van der Waals surface area (Å²) in [4.78, 5) is 0. The van der Waals surface area contributed by atoms with Crippen LogP contribution >= 0.6 is 0 Å². The van der Waals surface area contributed by atoms with Crippen LogP contribution in [0.25, 0.3) is 0 Å². The van der Waals surface area contributed by atoms with Gasteiger partial charge in [-0.2, -0.15) is 15.8 Å². The zero-order valence-corrected chi connectivity index (χ0v) is 15.4. The van der Waals surface area contributed by atoms with Crippen LogP contribution < -0.4 is 0 Å². The number of nitriles is 3. The predicted molar refractivity (Wildman–Crippen MR) is 93.0 cm³/mol. The van der Waals surface area contributed by atoms with E-state index >= 15 is 0 Å². The van der Waals surface area contributed by atoms with Gasteiger partial charge < -0.3 is 0 Å². The Bertz CT molecular complexity index is 533. The first-order chi connectivity index (χ1) is 11.5. The average molecular weight is 353 g/mol. The molecule has 0 radical (unpaired) electrons. The van der Waals surface area contributed by atoms with E-state index in [1.165, 1.54) is 4.31 Å². The lowest BCUT2D eigenvalue weighted by Gasteiger charge is -2.24. The second-order valence-electron chi connectivity index (χ2n) is 5.79. The summed E-state index contributed by atoms with van der Waals surface area (Å²) in [6, 6.07) is 6.05. The second-order valence-corrected chi connectivity index (χ2v) is 7.90. The molecule has 24 heavy (non-hydrogen) atoms. The van der Waals surface area contributed by atoms with E-state index in [4.69, 9.17) is 10.5 Å². The Kier molecular flexibility index (Phi) is 12.9. The van der Waals surface area contributed by atoms with E-state index in [1.54, 1.807) is 0 Å². The Hall–Kier alpha value is -1.62. The number of sulfonamides is 1. The molecule has 1 atom stereocenters. The Morgan fingerprint density at radius 2 is 1.42 bits per heavy atom. The number of hydrogen-bond acceptors (Lipinski definition) is 5. The minimum absolute atomic E-state index is 0.336. The maximum absolute atomic E-state index is 12.8. The van der Waals surface area contributed by atoms with Crippen molar-refractivity contribution in [3.05, 3.63) is 0 Å². The number of hydrogen-bond donors (Lipinski definition) is 0. The zero-order chi connectivity index (χ0) is 18.3. The molecule has 0 rings (SSSR count). The van der Waals surface area contributed by atoms with Crippen LogP contribution in [0, 0.1) is 34.0 Å². The molecular formula is C17H28N4O2S. The molecule has 0 heterocycles. The molecule has 0 bridgehead atoms. The van der Waals surface area contributed by atoms with Crippen molar-refractivity contribution in [2.45, 2.75) is 76.4 Å². The van der Waals surface area contributed by atoms with E-state index in [2.05, 4.69) is 12.1 Å². The van der Waals surface area contributed by atoms with E-state index in [1.807, 2.05) is 13.0 Å². The smallest absolute Gasteiger partial charge is 0.211 e. The highest BCUT2D eigenvalue weighted by Crippen LogP contribution is 2.17. The van der Waals surface area contributed by atoms with Gasteiger partial charge in [0, 0.05) is 25.9 Å². The largest absolute Gasteiger partial charge is 0.230 e. The Balaban J connectivity index is 4.87. The molecule has 0 aromatic heterocycles. The predicted octanol–water partition coefficient (Wildman–Crippen LogP) is 3.48. The van der Waals surface area contributed by atoms with E-state index < -0.39 is 15.3 Å². The lowest BCUT2D eigenvalue weighted by Crippen LogP contribution is -2.39. The first kappa shape index (κ1) is 22.4. The molecule has 1 unspecified atom stereocenters. The van der Waals surface area contributed by atoms with Crippen molar-refractivity contribution < 1.29 is 8.42 Å². The van der Waals surface area contributed by atoms with Crippen molar-refractivity contribution in [3.63, 3.8) is 0 Å². The van der Waals surface area contributed by atoms with Crippen molar-refractivity contribution in [2.24, 2.45) is 0 Å². The second kappa shape index (κ2) is 13.8. The molecule has 0 aromatic rings. The van der Waals surface area contributed by atoms with Gasteiger partial charge >= 0.3 is 0 Å². The quantitative estimate of drug-likeness (QED) is 0.445. The van der Waals surface area contributed by atoms with Gasteiger partial charge in [0.15, 0.2) is 5.25 Å². The maximum Gasteiger partial charge on any atom is 0.230 e. The standard InChI is InChI=1S/C17H28N4O2S/c1-2-3-6-11-17(16-20)24(22,23)21(14-9-4-7-12-18)15-10-5-8-13-19/h17H,2-11,14-15H2,1H3. The summed E-state index contributed by atoms with van der Waals surface area (Å²) in [6.07, 6.45) is 6.30. The third-order valence-electron chi connectivity index (χ3n) is 3.83. The van der Waals surface area contributed by atoms with Crippen molar-refractivity contribution in [1.82, 2.24) is 4.31 Å². The molecule has 6 nitrogen and oxygen atoms in total. The van der Waals surface area contributed by atoms with Gasteiger partial charge in [-0.05, 0) is 32.1 Å². The van der Waals surface area contributed by atoms with E-state index in [9.17, 15) is 13.7 Å². The van der Waals surface area contributed by atoms with Crippen LogP contribution in [0.15, 0.2) is 0 Å². The van der Waals surface area contributed by atoms with E-state index in [0.717, 1.165) is 19.3 Å². The summed E-state index contributed by atoms with van der Waals surface area (Å²) >= 11 is 0. The summed E-state index contributed by atoms with van der Waals surface area (Å²) < 4.78 is 26.9. The Labute approximate surface area is 146 Å². The van der Waals surface area contributed by atoms with Gasteiger partial charge in [-0.15, -0.1) is 0 Å². The Morgan fingerprint density at radius 3 is 1.83 bits per heavy atom. The molecule has 0 saturated carbocycles. The van der Waals surface area contributed by atoms with Crippen LogP contribution in [0.2, 0.25) is 0 Å². The summed E-state index contributed by atoms with van der Waals surface area (Å²) in [5.74, 6) is 0. The monoisotopic (exact) mass is 352 g/mol. The number of unbranched alkanes of at least 4 members (excludes halogenated alkanes) is 6. The summed E-state index contributed by atoms with van der Waals surface area (Å²) in [5, 5.41) is 25.4. The van der Waals surface area contributed by atoms with Gasteiger partial charge in [-0.1, -0.05) is 26.2 Å². The molecular weight excluding hydrogens is 324 g/mol. The minimum atomic E-state index is -3.66. The molecule has 134 valence electrons.